The van der Waals surface area contributed by atoms with E-state index in [-0.39, 0.29) is 31.2 Å². The predicted octanol–water partition coefficient (Wildman–Crippen LogP) is 1.84. The van der Waals surface area contributed by atoms with E-state index in [2.05, 4.69) is 10.3 Å². The van der Waals surface area contributed by atoms with Gasteiger partial charge in [0.15, 0.2) is 11.5 Å². The summed E-state index contributed by atoms with van der Waals surface area (Å²) in [5.41, 5.74) is 0.351. The highest BCUT2D eigenvalue weighted by atomic mass is 16.7. The molecular formula is C16H15N3O6. The molecule has 0 bridgehead atoms. The third-order valence-corrected chi connectivity index (χ3v) is 3.53. The quantitative estimate of drug-likeness (QED) is 0.483. The van der Waals surface area contributed by atoms with Crippen molar-refractivity contribution in [3.8, 4) is 17.2 Å². The number of fused-ring (bicyclic) bond motifs is 1. The van der Waals surface area contributed by atoms with Crippen molar-refractivity contribution in [2.24, 2.45) is 0 Å². The van der Waals surface area contributed by atoms with Crippen LogP contribution in [0.2, 0.25) is 0 Å². The van der Waals surface area contributed by atoms with E-state index in [1.54, 1.807) is 25.1 Å². The molecule has 2 aromatic rings. The van der Waals surface area contributed by atoms with Crippen LogP contribution in [0.1, 0.15) is 16.1 Å². The number of amides is 1. The minimum absolute atomic E-state index is 0.164. The van der Waals surface area contributed by atoms with Crippen molar-refractivity contribution in [2.45, 2.75) is 6.92 Å². The molecule has 0 radical (unpaired) electrons. The standard InChI is InChI=1S/C16H15N3O6/c1-10-13(6-11(8-18-10)19(21)22)16(20)17-4-5-23-12-2-3-14-15(7-12)25-9-24-14/h2-3,6-8H,4-5,9H2,1H3,(H,17,20). The molecule has 0 unspecified atom stereocenters. The van der Waals surface area contributed by atoms with Crippen LogP contribution in [0.15, 0.2) is 30.5 Å². The second-order valence-corrected chi connectivity index (χ2v) is 5.20. The first-order valence-electron chi connectivity index (χ1n) is 7.46. The summed E-state index contributed by atoms with van der Waals surface area (Å²) in [6.07, 6.45) is 1.12. The van der Waals surface area contributed by atoms with Crippen LogP contribution in [0.5, 0.6) is 17.2 Å². The molecule has 0 spiro atoms. The lowest BCUT2D eigenvalue weighted by Gasteiger charge is -2.09. The summed E-state index contributed by atoms with van der Waals surface area (Å²) in [6, 6.07) is 6.40. The van der Waals surface area contributed by atoms with E-state index in [9.17, 15) is 14.9 Å². The van der Waals surface area contributed by atoms with Gasteiger partial charge in [0.2, 0.25) is 6.79 Å². The molecule has 2 heterocycles. The Morgan fingerprint density at radius 1 is 1.36 bits per heavy atom. The van der Waals surface area contributed by atoms with E-state index in [4.69, 9.17) is 14.2 Å². The molecule has 25 heavy (non-hydrogen) atoms. The number of carbonyl (C=O) groups is 1. The van der Waals surface area contributed by atoms with Crippen LogP contribution in [0.4, 0.5) is 5.69 Å². The zero-order chi connectivity index (χ0) is 17.8. The van der Waals surface area contributed by atoms with E-state index >= 15 is 0 Å². The molecule has 0 fully saturated rings. The molecule has 1 aromatic heterocycles. The Labute approximate surface area is 142 Å². The Morgan fingerprint density at radius 3 is 2.96 bits per heavy atom. The number of benzene rings is 1. The minimum atomic E-state index is -0.591. The summed E-state index contributed by atoms with van der Waals surface area (Å²) in [6.45, 7) is 2.26. The van der Waals surface area contributed by atoms with Gasteiger partial charge in [-0.15, -0.1) is 0 Å². The average Bonchev–Trinajstić information content (AvgIpc) is 3.06. The molecule has 9 heteroatoms. The number of hydrogen-bond donors (Lipinski definition) is 1. The summed E-state index contributed by atoms with van der Waals surface area (Å²) < 4.78 is 16.0. The van der Waals surface area contributed by atoms with Gasteiger partial charge in [-0.2, -0.15) is 0 Å². The van der Waals surface area contributed by atoms with E-state index in [1.807, 2.05) is 0 Å². The molecular weight excluding hydrogens is 330 g/mol. The van der Waals surface area contributed by atoms with Gasteiger partial charge < -0.3 is 19.5 Å². The number of carbonyl (C=O) groups excluding carboxylic acids is 1. The Kier molecular flexibility index (Phi) is 4.64. The molecule has 0 saturated heterocycles. The van der Waals surface area contributed by atoms with Gasteiger partial charge >= 0.3 is 0 Å². The number of aromatic nitrogens is 1. The molecule has 0 atom stereocenters. The number of ether oxygens (including phenoxy) is 3. The van der Waals surface area contributed by atoms with Gasteiger partial charge in [0.05, 0.1) is 22.7 Å². The molecule has 0 saturated carbocycles. The van der Waals surface area contributed by atoms with Crippen LogP contribution in [0, 0.1) is 17.0 Å². The Bertz CT molecular complexity index is 824. The third kappa shape index (κ3) is 3.77. The van der Waals surface area contributed by atoms with Gasteiger partial charge in [-0.25, -0.2) is 0 Å². The average molecular weight is 345 g/mol. The number of rotatable bonds is 6. The minimum Gasteiger partial charge on any atom is -0.492 e. The van der Waals surface area contributed by atoms with Gasteiger partial charge in [0.25, 0.3) is 11.6 Å². The van der Waals surface area contributed by atoms with E-state index < -0.39 is 10.8 Å². The summed E-state index contributed by atoms with van der Waals surface area (Å²) in [4.78, 5) is 26.2. The smallest absolute Gasteiger partial charge is 0.288 e. The maximum atomic E-state index is 12.1. The second-order valence-electron chi connectivity index (χ2n) is 5.20. The maximum Gasteiger partial charge on any atom is 0.288 e. The number of nitro groups is 1. The predicted molar refractivity (Wildman–Crippen MR) is 86.0 cm³/mol. The highest BCUT2D eigenvalue weighted by Crippen LogP contribution is 2.34. The fourth-order valence-corrected chi connectivity index (χ4v) is 2.25. The molecule has 1 aliphatic rings. The van der Waals surface area contributed by atoms with Crippen LogP contribution < -0.4 is 19.5 Å². The number of aryl methyl sites for hydroxylation is 1. The molecule has 3 rings (SSSR count). The highest BCUT2D eigenvalue weighted by molar-refractivity contribution is 5.95. The first-order valence-corrected chi connectivity index (χ1v) is 7.46. The lowest BCUT2D eigenvalue weighted by atomic mass is 10.2. The first-order chi connectivity index (χ1) is 12.0. The first kappa shape index (κ1) is 16.5. The van der Waals surface area contributed by atoms with Crippen LogP contribution in [-0.2, 0) is 0 Å². The lowest BCUT2D eigenvalue weighted by molar-refractivity contribution is -0.385. The SMILES string of the molecule is Cc1ncc([N+](=O)[O-])cc1C(=O)NCCOc1ccc2c(c1)OCO2. The number of pyridine rings is 1. The van der Waals surface area contributed by atoms with E-state index in [1.165, 1.54) is 6.07 Å². The maximum absolute atomic E-state index is 12.1. The highest BCUT2D eigenvalue weighted by Gasteiger charge is 2.16. The topological polar surface area (TPSA) is 113 Å². The molecule has 0 aliphatic carbocycles. The molecule has 9 nitrogen and oxygen atoms in total. The van der Waals surface area contributed by atoms with E-state index in [0.29, 0.717) is 22.9 Å². The van der Waals surface area contributed by atoms with Crippen molar-refractivity contribution in [3.05, 3.63) is 51.8 Å². The second kappa shape index (κ2) is 7.04. The number of nitrogens with zero attached hydrogens (tertiary/aromatic N) is 2. The van der Waals surface area contributed by atoms with Crippen LogP contribution >= 0.6 is 0 Å². The van der Waals surface area contributed by atoms with Crippen molar-refractivity contribution >= 4 is 11.6 Å². The van der Waals surface area contributed by atoms with Gasteiger partial charge in [-0.05, 0) is 19.1 Å². The lowest BCUT2D eigenvalue weighted by Crippen LogP contribution is -2.29. The Morgan fingerprint density at radius 2 is 2.16 bits per heavy atom. The largest absolute Gasteiger partial charge is 0.492 e. The zero-order valence-corrected chi connectivity index (χ0v) is 13.4. The number of nitrogens with one attached hydrogen (secondary N) is 1. The third-order valence-electron chi connectivity index (χ3n) is 3.53. The monoisotopic (exact) mass is 345 g/mol. The van der Waals surface area contributed by atoms with Crippen LogP contribution in [0.3, 0.4) is 0 Å². The van der Waals surface area contributed by atoms with E-state index in [0.717, 1.165) is 6.20 Å². The van der Waals surface area contributed by atoms with Crippen molar-refractivity contribution in [1.82, 2.24) is 10.3 Å². The van der Waals surface area contributed by atoms with Gasteiger partial charge in [0.1, 0.15) is 18.6 Å². The van der Waals surface area contributed by atoms with Crippen molar-refractivity contribution in [3.63, 3.8) is 0 Å². The van der Waals surface area contributed by atoms with Crippen molar-refractivity contribution < 1.29 is 23.9 Å². The molecule has 130 valence electrons. The molecule has 1 aliphatic heterocycles. The summed E-state index contributed by atoms with van der Waals surface area (Å²) in [7, 11) is 0. The van der Waals surface area contributed by atoms with Gasteiger partial charge in [-0.1, -0.05) is 0 Å². The summed E-state index contributed by atoms with van der Waals surface area (Å²) in [5.74, 6) is 1.42. The fraction of sp³-hybridized carbons (Fsp3) is 0.250. The number of hydrogen-bond acceptors (Lipinski definition) is 7. The molecule has 1 aromatic carbocycles. The Hall–Kier alpha value is -3.36. The van der Waals surface area contributed by atoms with Crippen LogP contribution in [-0.4, -0.2) is 35.8 Å². The molecule has 1 amide bonds. The zero-order valence-electron chi connectivity index (χ0n) is 13.4. The summed E-state index contributed by atoms with van der Waals surface area (Å²) in [5, 5.41) is 13.4. The van der Waals surface area contributed by atoms with Gasteiger partial charge in [-0.3, -0.25) is 19.9 Å². The van der Waals surface area contributed by atoms with Gasteiger partial charge in [0, 0.05) is 12.1 Å². The van der Waals surface area contributed by atoms with Crippen molar-refractivity contribution in [2.75, 3.05) is 19.9 Å². The Balaban J connectivity index is 1.53. The van der Waals surface area contributed by atoms with Crippen molar-refractivity contribution in [1.29, 1.82) is 0 Å². The van der Waals surface area contributed by atoms with Crippen LogP contribution in [0.25, 0.3) is 0 Å². The fourth-order valence-electron chi connectivity index (χ4n) is 2.25. The molecule has 1 N–H and O–H groups in total. The summed E-state index contributed by atoms with van der Waals surface area (Å²) >= 11 is 0. The normalized spacial score (nSPS) is 11.9.